The molecule has 0 atom stereocenters. The second-order valence-electron chi connectivity index (χ2n) is 4.91. The van der Waals surface area contributed by atoms with Crippen molar-refractivity contribution in [2.75, 3.05) is 10.6 Å². The number of nitrogens with zero attached hydrogens (tertiary/aromatic N) is 1. The lowest BCUT2D eigenvalue weighted by Crippen LogP contribution is -2.35. The molecule has 2 rings (SSSR count). The van der Waals surface area contributed by atoms with Crippen molar-refractivity contribution in [3.05, 3.63) is 22.7 Å². The largest absolute Gasteiger partial charge is 0.399 e. The van der Waals surface area contributed by atoms with Crippen LogP contribution in [-0.4, -0.2) is 11.8 Å². The van der Waals surface area contributed by atoms with Crippen LogP contribution in [0.2, 0.25) is 0 Å². The number of nitrogen functional groups attached to an aromatic ring is 1. The van der Waals surface area contributed by atoms with Crippen molar-refractivity contribution in [1.29, 1.82) is 0 Å². The molecule has 1 aliphatic heterocycles. The van der Waals surface area contributed by atoms with Gasteiger partial charge < -0.3 is 5.73 Å². The Hall–Kier alpha value is -1.36. The van der Waals surface area contributed by atoms with Crippen molar-refractivity contribution >= 4 is 39.1 Å². The predicted molar refractivity (Wildman–Crippen MR) is 78.7 cm³/mol. The van der Waals surface area contributed by atoms with Gasteiger partial charge in [0.15, 0.2) is 0 Å². The zero-order chi connectivity index (χ0) is 14.2. The molecule has 4 nitrogen and oxygen atoms in total. The Morgan fingerprint density at radius 3 is 2.47 bits per heavy atom. The van der Waals surface area contributed by atoms with Crippen molar-refractivity contribution in [3.63, 3.8) is 0 Å². The summed E-state index contributed by atoms with van der Waals surface area (Å²) in [6, 6.07) is 5.13. The van der Waals surface area contributed by atoms with Crippen molar-refractivity contribution in [1.82, 2.24) is 0 Å². The highest BCUT2D eigenvalue weighted by molar-refractivity contribution is 9.10. The molecule has 19 heavy (non-hydrogen) atoms. The molecule has 1 fully saturated rings. The molecule has 1 aromatic rings. The number of amides is 2. The molecule has 0 unspecified atom stereocenters. The molecule has 0 radical (unpaired) electrons. The highest BCUT2D eigenvalue weighted by Gasteiger charge is 2.50. The normalized spacial score (nSPS) is 18.2. The zero-order valence-corrected chi connectivity index (χ0v) is 12.7. The maximum absolute atomic E-state index is 12.6. The lowest BCUT2D eigenvalue weighted by Gasteiger charge is -2.24. The molecule has 0 spiro atoms. The first-order valence-electron chi connectivity index (χ1n) is 6.37. The van der Waals surface area contributed by atoms with E-state index in [4.69, 9.17) is 5.73 Å². The van der Waals surface area contributed by atoms with Crippen LogP contribution in [0.15, 0.2) is 22.7 Å². The number of carbonyl (C=O) groups excluding carboxylic acids is 2. The second-order valence-corrected chi connectivity index (χ2v) is 5.76. The topological polar surface area (TPSA) is 63.4 Å². The van der Waals surface area contributed by atoms with E-state index in [0.29, 0.717) is 28.7 Å². The molecule has 2 amide bonds. The molecular formula is C14H17BrN2O2. The molecule has 0 aromatic heterocycles. The first-order valence-corrected chi connectivity index (χ1v) is 7.17. The van der Waals surface area contributed by atoms with Crippen molar-refractivity contribution in [2.45, 2.75) is 33.1 Å². The van der Waals surface area contributed by atoms with Gasteiger partial charge in [-0.15, -0.1) is 0 Å². The summed E-state index contributed by atoms with van der Waals surface area (Å²) in [5, 5.41) is 0. The summed E-state index contributed by atoms with van der Waals surface area (Å²) < 4.78 is 0.700. The lowest BCUT2D eigenvalue weighted by molar-refractivity contribution is -0.126. The van der Waals surface area contributed by atoms with Crippen LogP contribution in [-0.2, 0) is 9.59 Å². The molecular weight excluding hydrogens is 308 g/mol. The predicted octanol–water partition coefficient (Wildman–Crippen LogP) is 3.10. The van der Waals surface area contributed by atoms with Gasteiger partial charge in [0.25, 0.3) is 0 Å². The summed E-state index contributed by atoms with van der Waals surface area (Å²) in [6.45, 7) is 3.90. The number of nitrogens with two attached hydrogens (primary N) is 1. The Balaban J connectivity index is 2.49. The third kappa shape index (κ3) is 2.16. The van der Waals surface area contributed by atoms with Crippen LogP contribution in [0.3, 0.4) is 0 Å². The van der Waals surface area contributed by atoms with Crippen LogP contribution in [0, 0.1) is 5.41 Å². The molecule has 1 aliphatic rings. The minimum atomic E-state index is -0.554. The zero-order valence-electron chi connectivity index (χ0n) is 11.1. The Kier molecular flexibility index (Phi) is 3.67. The minimum Gasteiger partial charge on any atom is -0.399 e. The number of rotatable bonds is 3. The van der Waals surface area contributed by atoms with Gasteiger partial charge in [0.05, 0.1) is 11.1 Å². The van der Waals surface area contributed by atoms with Gasteiger partial charge in [0.2, 0.25) is 11.8 Å². The van der Waals surface area contributed by atoms with E-state index >= 15 is 0 Å². The second kappa shape index (κ2) is 4.96. The number of hydrogen-bond donors (Lipinski definition) is 1. The van der Waals surface area contributed by atoms with E-state index in [1.54, 1.807) is 18.2 Å². The maximum Gasteiger partial charge on any atom is 0.240 e. The summed E-state index contributed by atoms with van der Waals surface area (Å²) in [4.78, 5) is 26.1. The number of benzene rings is 1. The number of imide groups is 1. The van der Waals surface area contributed by atoms with Crippen LogP contribution >= 0.6 is 15.9 Å². The third-order valence-electron chi connectivity index (χ3n) is 3.96. The summed E-state index contributed by atoms with van der Waals surface area (Å²) in [5.74, 6) is -0.270. The summed E-state index contributed by atoms with van der Waals surface area (Å²) in [7, 11) is 0. The van der Waals surface area contributed by atoms with Crippen molar-refractivity contribution < 1.29 is 9.59 Å². The van der Waals surface area contributed by atoms with E-state index in [1.165, 1.54) is 4.90 Å². The fourth-order valence-electron chi connectivity index (χ4n) is 2.54. The molecule has 0 aliphatic carbocycles. The van der Waals surface area contributed by atoms with Crippen molar-refractivity contribution in [2.24, 2.45) is 5.41 Å². The van der Waals surface area contributed by atoms with Crippen LogP contribution in [0.25, 0.3) is 0 Å². The molecule has 1 aromatic carbocycles. The number of halogens is 1. The highest BCUT2D eigenvalue weighted by Crippen LogP contribution is 2.43. The van der Waals surface area contributed by atoms with E-state index in [1.807, 2.05) is 13.8 Å². The molecule has 0 bridgehead atoms. The van der Waals surface area contributed by atoms with Crippen LogP contribution in [0.5, 0.6) is 0 Å². The molecule has 2 N–H and O–H groups in total. The molecule has 102 valence electrons. The average Bonchev–Trinajstić information content (AvgIpc) is 2.64. The Morgan fingerprint density at radius 1 is 1.32 bits per heavy atom. The van der Waals surface area contributed by atoms with Gasteiger partial charge in [-0.3, -0.25) is 9.59 Å². The highest BCUT2D eigenvalue weighted by atomic mass is 79.9. The number of hydrogen-bond acceptors (Lipinski definition) is 3. The third-order valence-corrected chi connectivity index (χ3v) is 4.63. The van der Waals surface area contributed by atoms with E-state index in [9.17, 15) is 9.59 Å². The molecule has 1 heterocycles. The van der Waals surface area contributed by atoms with E-state index in [2.05, 4.69) is 15.9 Å². The first kappa shape index (κ1) is 14.1. The van der Waals surface area contributed by atoms with E-state index in [-0.39, 0.29) is 18.2 Å². The van der Waals surface area contributed by atoms with Crippen molar-refractivity contribution in [3.8, 4) is 0 Å². The molecule has 5 heteroatoms. The quantitative estimate of drug-likeness (QED) is 0.686. The Labute approximate surface area is 121 Å². The fraction of sp³-hybridized carbons (Fsp3) is 0.429. The number of carbonyl (C=O) groups is 2. The molecule has 1 saturated heterocycles. The standard InChI is InChI=1S/C14H17BrN2O2/c1-3-14(4-2)8-12(18)17(13(14)19)11-7-9(16)5-6-10(11)15/h5-7H,3-4,8,16H2,1-2H3. The van der Waals surface area contributed by atoms with Gasteiger partial charge in [0.1, 0.15) is 0 Å². The summed E-state index contributed by atoms with van der Waals surface area (Å²) in [6.07, 6.45) is 1.62. The van der Waals surface area contributed by atoms with Crippen LogP contribution in [0.4, 0.5) is 11.4 Å². The SMILES string of the molecule is CCC1(CC)CC(=O)N(c2cc(N)ccc2Br)C1=O. The van der Waals surface area contributed by atoms with Gasteiger partial charge in [0, 0.05) is 16.6 Å². The summed E-state index contributed by atoms with van der Waals surface area (Å²) in [5.41, 5.74) is 6.27. The smallest absolute Gasteiger partial charge is 0.240 e. The van der Waals surface area contributed by atoms with Crippen LogP contribution in [0.1, 0.15) is 33.1 Å². The van der Waals surface area contributed by atoms with Gasteiger partial charge in [-0.2, -0.15) is 0 Å². The summed E-state index contributed by atoms with van der Waals surface area (Å²) >= 11 is 3.38. The Bertz CT molecular complexity index is 538. The average molecular weight is 325 g/mol. The number of anilines is 2. The van der Waals surface area contributed by atoms with E-state index < -0.39 is 5.41 Å². The van der Waals surface area contributed by atoms with Crippen LogP contribution < -0.4 is 10.6 Å². The minimum absolute atomic E-state index is 0.117. The van der Waals surface area contributed by atoms with Gasteiger partial charge in [-0.1, -0.05) is 13.8 Å². The monoisotopic (exact) mass is 324 g/mol. The van der Waals surface area contributed by atoms with Gasteiger partial charge >= 0.3 is 0 Å². The maximum atomic E-state index is 12.6. The van der Waals surface area contributed by atoms with Gasteiger partial charge in [-0.05, 0) is 47.0 Å². The first-order chi connectivity index (χ1) is 8.95. The Morgan fingerprint density at radius 2 is 1.95 bits per heavy atom. The molecule has 0 saturated carbocycles. The fourth-order valence-corrected chi connectivity index (χ4v) is 2.97. The van der Waals surface area contributed by atoms with Gasteiger partial charge in [-0.25, -0.2) is 4.90 Å². The van der Waals surface area contributed by atoms with E-state index in [0.717, 1.165) is 0 Å². The lowest BCUT2D eigenvalue weighted by atomic mass is 9.81.